The highest BCUT2D eigenvalue weighted by atomic mass is 32.2. The lowest BCUT2D eigenvalue weighted by molar-refractivity contribution is -0.121. The summed E-state index contributed by atoms with van der Waals surface area (Å²) in [6.07, 6.45) is 1.57. The minimum atomic E-state index is -0.643. The monoisotopic (exact) mass is 663 g/mol. The van der Waals surface area contributed by atoms with Crippen LogP contribution in [0.25, 0.3) is 6.08 Å². The van der Waals surface area contributed by atoms with E-state index in [1.54, 1.807) is 91.9 Å². The third-order valence-corrected chi connectivity index (χ3v) is 8.38. The first kappa shape index (κ1) is 33.7. The summed E-state index contributed by atoms with van der Waals surface area (Å²) in [6.45, 7) is 4.24. The summed E-state index contributed by atoms with van der Waals surface area (Å²) in [6, 6.07) is 28.7. The minimum Gasteiger partial charge on any atom is -0.493 e. The zero-order valence-corrected chi connectivity index (χ0v) is 27.1. The zero-order chi connectivity index (χ0) is 34.0. The van der Waals surface area contributed by atoms with E-state index in [2.05, 4.69) is 10.6 Å². The molecule has 0 radical (unpaired) electrons. The zero-order valence-electron chi connectivity index (χ0n) is 26.3. The van der Waals surface area contributed by atoms with Crippen LogP contribution in [0, 0.1) is 0 Å². The van der Waals surface area contributed by atoms with Crippen LogP contribution in [0.4, 0.5) is 11.4 Å². The lowest BCUT2D eigenvalue weighted by atomic mass is 10.1. The molecule has 10 nitrogen and oxygen atoms in total. The average molecular weight is 664 g/mol. The molecule has 5 rings (SSSR count). The predicted molar refractivity (Wildman–Crippen MR) is 184 cm³/mol. The molecule has 244 valence electrons. The normalized spacial score (nSPS) is 14.4. The van der Waals surface area contributed by atoms with Crippen LogP contribution >= 0.6 is 11.8 Å². The Morgan fingerprint density at radius 1 is 0.833 bits per heavy atom. The van der Waals surface area contributed by atoms with E-state index < -0.39 is 23.0 Å². The van der Waals surface area contributed by atoms with E-state index in [1.165, 1.54) is 23.9 Å². The molecule has 2 N–H and O–H groups in total. The van der Waals surface area contributed by atoms with E-state index in [1.807, 2.05) is 19.1 Å². The summed E-state index contributed by atoms with van der Waals surface area (Å²) in [4.78, 5) is 66.4. The number of para-hydroxylation sites is 1. The molecule has 0 aromatic heterocycles. The van der Waals surface area contributed by atoms with Gasteiger partial charge in [0.1, 0.15) is 11.4 Å². The average Bonchev–Trinajstić information content (AvgIpc) is 3.38. The summed E-state index contributed by atoms with van der Waals surface area (Å²) >= 11 is 1.24. The number of nitrogens with zero attached hydrogens (tertiary/aromatic N) is 1. The van der Waals surface area contributed by atoms with Crippen LogP contribution < -0.4 is 20.3 Å². The van der Waals surface area contributed by atoms with Crippen molar-refractivity contribution in [1.82, 2.24) is 5.32 Å². The van der Waals surface area contributed by atoms with E-state index in [0.29, 0.717) is 40.4 Å². The van der Waals surface area contributed by atoms with Crippen molar-refractivity contribution in [3.8, 4) is 5.75 Å². The van der Waals surface area contributed by atoms with E-state index in [9.17, 15) is 24.0 Å². The van der Waals surface area contributed by atoms with Gasteiger partial charge >= 0.3 is 5.97 Å². The summed E-state index contributed by atoms with van der Waals surface area (Å²) in [5.41, 5.74) is 2.19. The number of hydrogen-bond donors (Lipinski definition) is 2. The van der Waals surface area contributed by atoms with Gasteiger partial charge in [0.25, 0.3) is 11.8 Å². The van der Waals surface area contributed by atoms with Crippen molar-refractivity contribution in [2.24, 2.45) is 0 Å². The van der Waals surface area contributed by atoms with Crippen molar-refractivity contribution in [2.75, 3.05) is 23.4 Å². The number of benzene rings is 4. The Morgan fingerprint density at radius 3 is 2.21 bits per heavy atom. The van der Waals surface area contributed by atoms with Crippen molar-refractivity contribution >= 4 is 58.8 Å². The highest BCUT2D eigenvalue weighted by Gasteiger charge is 2.40. The fourth-order valence-corrected chi connectivity index (χ4v) is 5.95. The number of rotatable bonds is 12. The van der Waals surface area contributed by atoms with Crippen LogP contribution in [0.5, 0.6) is 5.75 Å². The molecule has 4 amide bonds. The van der Waals surface area contributed by atoms with Gasteiger partial charge < -0.3 is 20.1 Å². The first-order chi connectivity index (χ1) is 23.3. The summed E-state index contributed by atoms with van der Waals surface area (Å²) in [7, 11) is 0. The number of amides is 4. The lowest BCUT2D eigenvalue weighted by Crippen LogP contribution is -2.31. The number of thioether (sulfide) groups is 1. The van der Waals surface area contributed by atoms with Gasteiger partial charge in [-0.25, -0.2) is 9.69 Å². The number of nitrogens with one attached hydrogen (secondary N) is 2. The quantitative estimate of drug-likeness (QED) is 0.106. The van der Waals surface area contributed by atoms with Gasteiger partial charge in [-0.3, -0.25) is 19.2 Å². The second-order valence-electron chi connectivity index (χ2n) is 10.5. The molecule has 1 fully saturated rings. The molecule has 0 saturated carbocycles. The van der Waals surface area contributed by atoms with E-state index in [-0.39, 0.29) is 30.5 Å². The molecule has 0 spiro atoms. The molecule has 0 bridgehead atoms. The standard InChI is InChI=1S/C37H33N3O7S/c1-3-46-31-13-9-8-12-26(31)22-30(39-34(42)24-10-6-5-7-11-24)35(43)38-27-16-20-29(21-17-27)48-32-23-33(41)40(36(32)44)28-18-14-25(15-19-28)37(45)47-4-2/h5-22,32H,3-4,23H2,1-2H3,(H,38,43)(H,39,42)/b30-22-. The van der Waals surface area contributed by atoms with Crippen LogP contribution in [0.1, 0.15) is 46.5 Å². The molecule has 1 saturated heterocycles. The summed E-state index contributed by atoms with van der Waals surface area (Å²) in [5, 5.41) is 4.90. The second-order valence-corrected chi connectivity index (χ2v) is 11.7. The van der Waals surface area contributed by atoms with Gasteiger partial charge in [0.2, 0.25) is 11.8 Å². The van der Waals surface area contributed by atoms with Crippen molar-refractivity contribution in [3.63, 3.8) is 0 Å². The maximum absolute atomic E-state index is 13.5. The molecule has 11 heteroatoms. The fourth-order valence-electron chi connectivity index (χ4n) is 4.89. The molecule has 1 unspecified atom stereocenters. The number of carbonyl (C=O) groups excluding carboxylic acids is 5. The molecule has 4 aromatic rings. The molecule has 1 aliphatic heterocycles. The molecule has 1 aliphatic rings. The van der Waals surface area contributed by atoms with Gasteiger partial charge in [-0.05, 0) is 86.7 Å². The van der Waals surface area contributed by atoms with Crippen molar-refractivity contribution < 1.29 is 33.4 Å². The molecular formula is C37H33N3O7S. The van der Waals surface area contributed by atoms with Crippen LogP contribution in [-0.2, 0) is 19.1 Å². The SMILES string of the molecule is CCOC(=O)c1ccc(N2C(=O)CC(Sc3ccc(NC(=O)/C(=C/c4ccccc4OCC)NC(=O)c4ccccc4)cc3)C2=O)cc1. The first-order valence-electron chi connectivity index (χ1n) is 15.3. The molecule has 0 aliphatic carbocycles. The Labute approximate surface area is 282 Å². The van der Waals surface area contributed by atoms with Crippen LogP contribution in [0.3, 0.4) is 0 Å². The topological polar surface area (TPSA) is 131 Å². The third-order valence-electron chi connectivity index (χ3n) is 7.18. The molecule has 48 heavy (non-hydrogen) atoms. The van der Waals surface area contributed by atoms with Crippen LogP contribution in [-0.4, -0.2) is 48.1 Å². The Balaban J connectivity index is 1.27. The van der Waals surface area contributed by atoms with Gasteiger partial charge in [-0.15, -0.1) is 11.8 Å². The Morgan fingerprint density at radius 2 is 1.52 bits per heavy atom. The van der Waals surface area contributed by atoms with Gasteiger partial charge in [-0.2, -0.15) is 0 Å². The van der Waals surface area contributed by atoms with Gasteiger partial charge in [0.05, 0.1) is 29.7 Å². The first-order valence-corrected chi connectivity index (χ1v) is 16.2. The summed E-state index contributed by atoms with van der Waals surface area (Å²) < 4.78 is 10.7. The van der Waals surface area contributed by atoms with Gasteiger partial charge in [0, 0.05) is 28.1 Å². The van der Waals surface area contributed by atoms with Crippen molar-refractivity contribution in [2.45, 2.75) is 30.4 Å². The van der Waals surface area contributed by atoms with Crippen molar-refractivity contribution in [1.29, 1.82) is 0 Å². The molecular weight excluding hydrogens is 630 g/mol. The summed E-state index contributed by atoms with van der Waals surface area (Å²) in [5.74, 6) is -1.61. The highest BCUT2D eigenvalue weighted by molar-refractivity contribution is 8.00. The maximum Gasteiger partial charge on any atom is 0.338 e. The van der Waals surface area contributed by atoms with E-state index in [0.717, 1.165) is 9.80 Å². The number of imide groups is 1. The van der Waals surface area contributed by atoms with Gasteiger partial charge in [0.15, 0.2) is 0 Å². The van der Waals surface area contributed by atoms with Crippen LogP contribution in [0.2, 0.25) is 0 Å². The van der Waals surface area contributed by atoms with Crippen LogP contribution in [0.15, 0.2) is 114 Å². The third kappa shape index (κ3) is 8.18. The highest BCUT2D eigenvalue weighted by Crippen LogP contribution is 2.34. The number of ether oxygens (including phenoxy) is 2. The predicted octanol–water partition coefficient (Wildman–Crippen LogP) is 6.10. The number of anilines is 2. The van der Waals surface area contributed by atoms with Gasteiger partial charge in [-0.1, -0.05) is 36.4 Å². The second kappa shape index (κ2) is 15.7. The maximum atomic E-state index is 13.5. The Kier molecular flexibility index (Phi) is 11.0. The number of hydrogen-bond acceptors (Lipinski definition) is 8. The largest absolute Gasteiger partial charge is 0.493 e. The smallest absolute Gasteiger partial charge is 0.338 e. The number of carbonyl (C=O) groups is 5. The van der Waals surface area contributed by atoms with Crippen molar-refractivity contribution in [3.05, 3.63) is 126 Å². The Hall–Kier alpha value is -5.68. The van der Waals surface area contributed by atoms with E-state index >= 15 is 0 Å². The lowest BCUT2D eigenvalue weighted by Gasteiger charge is -2.15. The molecule has 4 aromatic carbocycles. The molecule has 1 heterocycles. The number of esters is 1. The molecule has 1 atom stereocenters. The van der Waals surface area contributed by atoms with E-state index in [4.69, 9.17) is 9.47 Å². The fraction of sp³-hybridized carbons (Fsp3) is 0.162. The Bertz CT molecular complexity index is 1840. The minimum absolute atomic E-state index is 0.0138.